The molecule has 0 unspecified atom stereocenters. The van der Waals surface area contributed by atoms with Gasteiger partial charge in [-0.1, -0.05) is 12.1 Å². The third-order valence-electron chi connectivity index (χ3n) is 4.95. The number of halogens is 3. The molecule has 2 heterocycles. The van der Waals surface area contributed by atoms with Crippen molar-refractivity contribution < 1.29 is 27.2 Å². The molecule has 1 aromatic heterocycles. The molecule has 1 aliphatic rings. The molecule has 0 bridgehead atoms. The third kappa shape index (κ3) is 4.27. The molecule has 1 aromatic carbocycles. The summed E-state index contributed by atoms with van der Waals surface area (Å²) < 4.78 is 55.4. The molecule has 0 radical (unpaired) electrons. The van der Waals surface area contributed by atoms with Crippen LogP contribution in [0.1, 0.15) is 38.8 Å². The maximum Gasteiger partial charge on any atom is 0.495 e. The van der Waals surface area contributed by atoms with Crippen LogP contribution in [0.2, 0.25) is 0 Å². The van der Waals surface area contributed by atoms with Crippen molar-refractivity contribution in [2.45, 2.75) is 51.7 Å². The van der Waals surface area contributed by atoms with E-state index in [0.29, 0.717) is 11.4 Å². The van der Waals surface area contributed by atoms with Crippen molar-refractivity contribution in [2.75, 3.05) is 0 Å². The van der Waals surface area contributed by atoms with Crippen LogP contribution in [0, 0.1) is 0 Å². The number of hydrogen-bond acceptors (Lipinski definition) is 4. The maximum absolute atomic E-state index is 12.6. The molecular weight excluding hydrogens is 358 g/mol. The van der Waals surface area contributed by atoms with Crippen molar-refractivity contribution >= 4 is 12.6 Å². The maximum atomic E-state index is 12.6. The normalized spacial score (nSPS) is 18.6. The van der Waals surface area contributed by atoms with Gasteiger partial charge in [0.2, 0.25) is 5.88 Å². The van der Waals surface area contributed by atoms with Gasteiger partial charge < -0.3 is 14.0 Å². The second kappa shape index (κ2) is 6.84. The summed E-state index contributed by atoms with van der Waals surface area (Å²) in [4.78, 5) is 4.14. The molecule has 0 atom stereocenters. The van der Waals surface area contributed by atoms with Crippen LogP contribution in [-0.2, 0) is 22.1 Å². The fourth-order valence-electron chi connectivity index (χ4n) is 2.58. The van der Waals surface area contributed by atoms with Crippen LogP contribution in [-0.4, -0.2) is 23.3 Å². The molecule has 4 nitrogen and oxygen atoms in total. The first-order chi connectivity index (χ1) is 12.5. The molecule has 0 aliphatic carbocycles. The van der Waals surface area contributed by atoms with Gasteiger partial charge in [0.05, 0.1) is 16.8 Å². The monoisotopic (exact) mass is 379 g/mol. The molecule has 1 aliphatic heterocycles. The van der Waals surface area contributed by atoms with Crippen LogP contribution < -0.4 is 10.2 Å². The molecule has 1 saturated heterocycles. The van der Waals surface area contributed by atoms with Crippen molar-refractivity contribution in [3.63, 3.8) is 0 Å². The smallest absolute Gasteiger partial charge is 0.473 e. The van der Waals surface area contributed by atoms with E-state index in [2.05, 4.69) is 4.98 Å². The topological polar surface area (TPSA) is 40.6 Å². The van der Waals surface area contributed by atoms with Crippen LogP contribution in [0.25, 0.3) is 0 Å². The van der Waals surface area contributed by atoms with Crippen LogP contribution in [0.4, 0.5) is 13.2 Å². The SMILES string of the molecule is CC1(C)OB(c2ccnc(OCc3ccc(C(F)(F)F)cc3)c2)OC1(C)C. The fourth-order valence-corrected chi connectivity index (χ4v) is 2.58. The number of aromatic nitrogens is 1. The van der Waals surface area contributed by atoms with E-state index in [4.69, 9.17) is 14.0 Å². The van der Waals surface area contributed by atoms with Crippen LogP contribution >= 0.6 is 0 Å². The minimum Gasteiger partial charge on any atom is -0.473 e. The van der Waals surface area contributed by atoms with Gasteiger partial charge in [-0.3, -0.25) is 0 Å². The first-order valence-corrected chi connectivity index (χ1v) is 8.58. The first-order valence-electron chi connectivity index (χ1n) is 8.58. The Morgan fingerprint density at radius 3 is 2.15 bits per heavy atom. The second-order valence-electron chi connectivity index (χ2n) is 7.50. The van der Waals surface area contributed by atoms with E-state index in [1.165, 1.54) is 12.1 Å². The van der Waals surface area contributed by atoms with Gasteiger partial charge in [0.1, 0.15) is 6.61 Å². The van der Waals surface area contributed by atoms with Crippen LogP contribution in [0.15, 0.2) is 42.6 Å². The first kappa shape index (κ1) is 19.7. The Hall–Kier alpha value is -2.06. The number of pyridine rings is 1. The number of hydrogen-bond donors (Lipinski definition) is 0. The van der Waals surface area contributed by atoms with E-state index in [1.807, 2.05) is 27.7 Å². The van der Waals surface area contributed by atoms with E-state index in [0.717, 1.165) is 17.6 Å². The molecule has 1 fully saturated rings. The Morgan fingerprint density at radius 2 is 1.59 bits per heavy atom. The van der Waals surface area contributed by atoms with E-state index in [9.17, 15) is 13.2 Å². The quantitative estimate of drug-likeness (QED) is 0.754. The average molecular weight is 379 g/mol. The van der Waals surface area contributed by atoms with Crippen molar-refractivity contribution in [3.05, 3.63) is 53.7 Å². The number of rotatable bonds is 4. The third-order valence-corrected chi connectivity index (χ3v) is 4.95. The minimum absolute atomic E-state index is 0.109. The Kier molecular flexibility index (Phi) is 4.99. The van der Waals surface area contributed by atoms with Crippen molar-refractivity contribution in [1.82, 2.24) is 4.98 Å². The summed E-state index contributed by atoms with van der Waals surface area (Å²) >= 11 is 0. The van der Waals surface area contributed by atoms with Gasteiger partial charge in [0.25, 0.3) is 0 Å². The molecule has 8 heteroatoms. The van der Waals surface area contributed by atoms with Crippen molar-refractivity contribution in [3.8, 4) is 5.88 Å². The predicted octanol–water partition coefficient (Wildman–Crippen LogP) is 3.98. The zero-order chi connectivity index (χ0) is 19.9. The molecule has 0 N–H and O–H groups in total. The average Bonchev–Trinajstić information content (AvgIpc) is 2.81. The Balaban J connectivity index is 1.67. The van der Waals surface area contributed by atoms with Gasteiger partial charge in [0, 0.05) is 12.3 Å². The Morgan fingerprint density at radius 1 is 1.00 bits per heavy atom. The number of benzene rings is 1. The summed E-state index contributed by atoms with van der Waals surface area (Å²) in [5, 5.41) is 0. The zero-order valence-corrected chi connectivity index (χ0v) is 15.6. The highest BCUT2D eigenvalue weighted by molar-refractivity contribution is 6.62. The molecule has 27 heavy (non-hydrogen) atoms. The van der Waals surface area contributed by atoms with E-state index in [1.54, 1.807) is 18.3 Å². The van der Waals surface area contributed by atoms with Crippen LogP contribution in [0.5, 0.6) is 5.88 Å². The fraction of sp³-hybridized carbons (Fsp3) is 0.421. The van der Waals surface area contributed by atoms with Crippen LogP contribution in [0.3, 0.4) is 0 Å². The van der Waals surface area contributed by atoms with Gasteiger partial charge >= 0.3 is 13.3 Å². The van der Waals surface area contributed by atoms with Gasteiger partial charge in [-0.15, -0.1) is 0 Å². The summed E-state index contributed by atoms with van der Waals surface area (Å²) in [6.07, 6.45) is -2.76. The summed E-state index contributed by atoms with van der Waals surface area (Å²) in [5.41, 5.74) is -0.214. The number of nitrogens with zero attached hydrogens (tertiary/aromatic N) is 1. The highest BCUT2D eigenvalue weighted by Crippen LogP contribution is 2.36. The summed E-state index contributed by atoms with van der Waals surface area (Å²) in [6.45, 7) is 7.98. The Labute approximate surface area is 156 Å². The molecule has 0 spiro atoms. The summed E-state index contributed by atoms with van der Waals surface area (Å²) in [7, 11) is -0.536. The lowest BCUT2D eigenvalue weighted by atomic mass is 9.80. The van der Waals surface area contributed by atoms with Gasteiger partial charge in [-0.2, -0.15) is 13.2 Å². The lowest BCUT2D eigenvalue weighted by Gasteiger charge is -2.32. The van der Waals surface area contributed by atoms with Crippen molar-refractivity contribution in [1.29, 1.82) is 0 Å². The lowest BCUT2D eigenvalue weighted by Crippen LogP contribution is -2.41. The minimum atomic E-state index is -4.35. The van der Waals surface area contributed by atoms with E-state index < -0.39 is 30.1 Å². The molecule has 0 saturated carbocycles. The molecule has 144 valence electrons. The Bertz CT molecular complexity index is 791. The number of ether oxygens (including phenoxy) is 1. The second-order valence-corrected chi connectivity index (χ2v) is 7.50. The lowest BCUT2D eigenvalue weighted by molar-refractivity contribution is -0.137. The largest absolute Gasteiger partial charge is 0.495 e. The predicted molar refractivity (Wildman–Crippen MR) is 95.7 cm³/mol. The van der Waals surface area contributed by atoms with Gasteiger partial charge in [-0.05, 0) is 56.9 Å². The highest BCUT2D eigenvalue weighted by atomic mass is 19.4. The van der Waals surface area contributed by atoms with Gasteiger partial charge in [-0.25, -0.2) is 4.98 Å². The molecular formula is C19H21BF3NO3. The number of alkyl halides is 3. The van der Waals surface area contributed by atoms with Crippen molar-refractivity contribution in [2.24, 2.45) is 0 Å². The van der Waals surface area contributed by atoms with Gasteiger partial charge in [0.15, 0.2) is 0 Å². The standard InChI is InChI=1S/C19H21BF3NO3/c1-17(2)18(3,4)27-20(26-17)15-9-10-24-16(11-15)25-12-13-5-7-14(8-6-13)19(21,22)23/h5-11H,12H2,1-4H3. The van der Waals surface area contributed by atoms with E-state index >= 15 is 0 Å². The zero-order valence-electron chi connectivity index (χ0n) is 15.6. The summed E-state index contributed by atoms with van der Waals surface area (Å²) in [5.74, 6) is 0.349. The molecule has 3 rings (SSSR count). The highest BCUT2D eigenvalue weighted by Gasteiger charge is 2.51. The molecule has 2 aromatic rings. The molecule has 0 amide bonds. The van der Waals surface area contributed by atoms with E-state index in [-0.39, 0.29) is 6.61 Å². The summed E-state index contributed by atoms with van der Waals surface area (Å²) in [6, 6.07) is 8.35.